The van der Waals surface area contributed by atoms with E-state index >= 15 is 0 Å². The third-order valence-electron chi connectivity index (χ3n) is 2.00. The molecule has 0 saturated heterocycles. The first kappa shape index (κ1) is 12.0. The van der Waals surface area contributed by atoms with Gasteiger partial charge in [-0.05, 0) is 29.3 Å². The molecule has 0 atom stereocenters. The van der Waals surface area contributed by atoms with Crippen LogP contribution in [0.2, 0.25) is 0 Å². The van der Waals surface area contributed by atoms with Gasteiger partial charge in [0.15, 0.2) is 5.82 Å². The number of aliphatic imine (C=N–C) groups is 1. The van der Waals surface area contributed by atoms with Crippen LogP contribution in [0.1, 0.15) is 5.82 Å². The van der Waals surface area contributed by atoms with Crippen LogP contribution in [0.15, 0.2) is 21.0 Å². The Morgan fingerprint density at radius 1 is 1.33 bits per heavy atom. The predicted octanol–water partition coefficient (Wildman–Crippen LogP) is 1.78. The summed E-state index contributed by atoms with van der Waals surface area (Å²) in [5.74, 6) is 1.71. The SMILES string of the molecule is [c]1nc(C2=NSCN=C2)nc(N2C=CSCS2)n1. The number of anilines is 1. The van der Waals surface area contributed by atoms with E-state index < -0.39 is 0 Å². The standard InChI is InChI=1S/C9H7N6S3/c1-2-16-6-18-15(1)9-12-4-11-8(13-9)7-3-10-5-17-14-7/h1-3H,5-6H2. The van der Waals surface area contributed by atoms with Gasteiger partial charge < -0.3 is 0 Å². The lowest BCUT2D eigenvalue weighted by molar-refractivity contribution is 1.00. The molecule has 9 heteroatoms. The zero-order chi connectivity index (χ0) is 12.2. The van der Waals surface area contributed by atoms with Crippen molar-refractivity contribution < 1.29 is 0 Å². The highest BCUT2D eigenvalue weighted by Crippen LogP contribution is 2.27. The Balaban J connectivity index is 1.89. The fraction of sp³-hybridized carbons (Fsp3) is 0.222. The molecule has 0 bridgehead atoms. The summed E-state index contributed by atoms with van der Waals surface area (Å²) in [4.78, 5) is 16.6. The van der Waals surface area contributed by atoms with E-state index in [4.69, 9.17) is 0 Å². The highest BCUT2D eigenvalue weighted by Gasteiger charge is 2.14. The Morgan fingerprint density at radius 2 is 2.33 bits per heavy atom. The Bertz CT molecular complexity index is 529. The Hall–Kier alpha value is -1.06. The molecule has 18 heavy (non-hydrogen) atoms. The predicted molar refractivity (Wildman–Crippen MR) is 77.8 cm³/mol. The summed E-state index contributed by atoms with van der Waals surface area (Å²) in [6.07, 6.45) is 6.22. The van der Waals surface area contributed by atoms with Crippen molar-refractivity contribution in [3.63, 3.8) is 0 Å². The van der Waals surface area contributed by atoms with Crippen LogP contribution in [0.4, 0.5) is 5.95 Å². The van der Waals surface area contributed by atoms with E-state index in [1.165, 1.54) is 11.9 Å². The van der Waals surface area contributed by atoms with E-state index in [9.17, 15) is 0 Å². The molecule has 0 amide bonds. The summed E-state index contributed by atoms with van der Waals surface area (Å²) in [5.41, 5.74) is 0.659. The number of thioether (sulfide) groups is 1. The van der Waals surface area contributed by atoms with Crippen molar-refractivity contribution in [3.05, 3.63) is 23.8 Å². The van der Waals surface area contributed by atoms with E-state index in [1.807, 2.05) is 15.9 Å². The van der Waals surface area contributed by atoms with E-state index in [0.717, 1.165) is 5.08 Å². The van der Waals surface area contributed by atoms with Crippen LogP contribution in [0.3, 0.4) is 0 Å². The van der Waals surface area contributed by atoms with E-state index in [1.54, 1.807) is 29.9 Å². The van der Waals surface area contributed by atoms with E-state index in [2.05, 4.69) is 30.7 Å². The lowest BCUT2D eigenvalue weighted by atomic mass is 10.4. The molecule has 3 heterocycles. The Kier molecular flexibility index (Phi) is 3.81. The van der Waals surface area contributed by atoms with Crippen molar-refractivity contribution >= 4 is 53.5 Å². The fourth-order valence-electron chi connectivity index (χ4n) is 1.24. The van der Waals surface area contributed by atoms with Crippen LogP contribution in [0.25, 0.3) is 0 Å². The Morgan fingerprint density at radius 3 is 3.11 bits per heavy atom. The van der Waals surface area contributed by atoms with Gasteiger partial charge >= 0.3 is 0 Å². The fourth-order valence-corrected chi connectivity index (χ4v) is 3.35. The molecule has 91 valence electrons. The normalized spacial score (nSPS) is 18.9. The van der Waals surface area contributed by atoms with Crippen molar-refractivity contribution in [1.82, 2.24) is 15.0 Å². The largest absolute Gasteiger partial charge is 0.278 e. The van der Waals surface area contributed by atoms with E-state index in [-0.39, 0.29) is 0 Å². The summed E-state index contributed by atoms with van der Waals surface area (Å²) in [7, 11) is 0. The summed E-state index contributed by atoms with van der Waals surface area (Å²) in [6, 6.07) is 0. The summed E-state index contributed by atoms with van der Waals surface area (Å²) < 4.78 is 6.14. The average Bonchev–Trinajstić information content (AvgIpc) is 2.49. The van der Waals surface area contributed by atoms with Crippen molar-refractivity contribution in [1.29, 1.82) is 0 Å². The molecule has 0 spiro atoms. The Labute approximate surface area is 117 Å². The second kappa shape index (κ2) is 5.72. The number of nitrogens with zero attached hydrogens (tertiary/aromatic N) is 6. The van der Waals surface area contributed by atoms with Gasteiger partial charge in [0, 0.05) is 6.20 Å². The second-order valence-electron chi connectivity index (χ2n) is 3.13. The maximum absolute atomic E-state index is 4.38. The molecule has 1 aromatic rings. The van der Waals surface area contributed by atoms with Crippen LogP contribution in [0, 0.1) is 6.33 Å². The first-order valence-electron chi connectivity index (χ1n) is 4.96. The number of rotatable bonds is 2. The maximum atomic E-state index is 4.38. The monoisotopic (exact) mass is 295 g/mol. The lowest BCUT2D eigenvalue weighted by Gasteiger charge is -2.19. The average molecular weight is 295 g/mol. The van der Waals surface area contributed by atoms with Gasteiger partial charge in [-0.15, -0.1) is 11.8 Å². The smallest absolute Gasteiger partial charge is 0.244 e. The highest BCUT2D eigenvalue weighted by atomic mass is 32.2. The quantitative estimate of drug-likeness (QED) is 0.770. The number of hydrogen-bond acceptors (Lipinski definition) is 9. The third-order valence-corrected chi connectivity index (χ3v) is 4.43. The molecule has 3 rings (SSSR count). The lowest BCUT2D eigenvalue weighted by Crippen LogP contribution is -2.16. The first-order chi connectivity index (χ1) is 8.93. The minimum Gasteiger partial charge on any atom is -0.278 e. The molecule has 0 aliphatic carbocycles. The highest BCUT2D eigenvalue weighted by molar-refractivity contribution is 8.18. The molecular weight excluding hydrogens is 288 g/mol. The van der Waals surface area contributed by atoms with Gasteiger partial charge in [-0.2, -0.15) is 9.97 Å². The summed E-state index contributed by atoms with van der Waals surface area (Å²) in [6.45, 7) is 0. The molecule has 0 saturated carbocycles. The van der Waals surface area contributed by atoms with Crippen LogP contribution in [-0.2, 0) is 0 Å². The summed E-state index contributed by atoms with van der Waals surface area (Å²) in [5, 5.41) is 2.95. The minimum atomic E-state index is 0.503. The molecule has 2 aliphatic heterocycles. The maximum Gasteiger partial charge on any atom is 0.244 e. The van der Waals surface area contributed by atoms with Gasteiger partial charge in [0.25, 0.3) is 0 Å². The zero-order valence-electron chi connectivity index (χ0n) is 9.05. The van der Waals surface area contributed by atoms with Crippen molar-refractivity contribution in [2.45, 2.75) is 0 Å². The molecular formula is C9H7N6S3. The topological polar surface area (TPSA) is 66.6 Å². The molecule has 0 aromatic carbocycles. The molecule has 2 aliphatic rings. The van der Waals surface area contributed by atoms with Gasteiger partial charge in [0.2, 0.25) is 12.3 Å². The second-order valence-corrected chi connectivity index (χ2v) is 6.03. The van der Waals surface area contributed by atoms with Crippen molar-refractivity contribution in [2.75, 3.05) is 15.3 Å². The van der Waals surface area contributed by atoms with E-state index in [0.29, 0.717) is 23.4 Å². The first-order valence-corrected chi connectivity index (χ1v) is 7.89. The van der Waals surface area contributed by atoms with Crippen LogP contribution >= 0.6 is 35.7 Å². The van der Waals surface area contributed by atoms with Gasteiger partial charge in [-0.3, -0.25) is 9.30 Å². The van der Waals surface area contributed by atoms with Crippen molar-refractivity contribution in [3.8, 4) is 0 Å². The van der Waals surface area contributed by atoms with Gasteiger partial charge in [-0.1, -0.05) is 0 Å². The van der Waals surface area contributed by atoms with Gasteiger partial charge in [0.05, 0.1) is 11.3 Å². The number of hydrogen-bond donors (Lipinski definition) is 0. The van der Waals surface area contributed by atoms with Crippen LogP contribution in [0.5, 0.6) is 0 Å². The zero-order valence-corrected chi connectivity index (χ0v) is 11.5. The van der Waals surface area contributed by atoms with Crippen molar-refractivity contribution in [2.24, 2.45) is 9.39 Å². The van der Waals surface area contributed by atoms with Gasteiger partial charge in [-0.25, -0.2) is 9.38 Å². The minimum absolute atomic E-state index is 0.503. The molecule has 1 aromatic heterocycles. The van der Waals surface area contributed by atoms with Crippen LogP contribution < -0.4 is 4.31 Å². The molecule has 0 N–H and O–H groups in total. The molecule has 0 fully saturated rings. The van der Waals surface area contributed by atoms with Crippen LogP contribution in [-0.4, -0.2) is 37.8 Å². The van der Waals surface area contributed by atoms with Gasteiger partial charge in [0.1, 0.15) is 11.6 Å². The molecule has 0 unspecified atom stereocenters. The third kappa shape index (κ3) is 2.68. The molecule has 6 nitrogen and oxygen atoms in total. The molecule has 1 radical (unpaired) electrons. The summed E-state index contributed by atoms with van der Waals surface area (Å²) >= 11 is 4.75. The number of aromatic nitrogens is 3.